The van der Waals surface area contributed by atoms with Crippen LogP contribution >= 0.6 is 11.3 Å². The van der Waals surface area contributed by atoms with E-state index in [-0.39, 0.29) is 12.5 Å². The minimum absolute atomic E-state index is 0.0743. The van der Waals surface area contributed by atoms with Gasteiger partial charge < -0.3 is 14.8 Å². The van der Waals surface area contributed by atoms with E-state index in [1.807, 2.05) is 6.92 Å². The molecule has 0 aliphatic heterocycles. The van der Waals surface area contributed by atoms with Crippen LogP contribution in [0, 0.1) is 13.8 Å². The molecule has 1 unspecified atom stereocenters. The van der Waals surface area contributed by atoms with Crippen molar-refractivity contribution in [2.45, 2.75) is 26.4 Å². The number of carbonyl (C=O) groups is 1. The van der Waals surface area contributed by atoms with Crippen LogP contribution < -0.4 is 5.32 Å². The summed E-state index contributed by atoms with van der Waals surface area (Å²) < 4.78 is 5.39. The number of furan rings is 1. The van der Waals surface area contributed by atoms with E-state index in [9.17, 15) is 9.90 Å². The molecule has 2 rings (SSSR count). The molecule has 0 saturated heterocycles. The van der Waals surface area contributed by atoms with Crippen molar-refractivity contribution in [3.63, 3.8) is 0 Å². The van der Waals surface area contributed by atoms with Gasteiger partial charge in [0.15, 0.2) is 0 Å². The predicted molar refractivity (Wildman–Crippen MR) is 81.9 cm³/mol. The molecule has 0 aromatic carbocycles. The third kappa shape index (κ3) is 4.27. The maximum atomic E-state index is 11.8. The Morgan fingerprint density at radius 3 is 2.86 bits per heavy atom. The van der Waals surface area contributed by atoms with Crippen molar-refractivity contribution in [3.05, 3.63) is 45.8 Å². The monoisotopic (exact) mass is 306 g/mol. The molecule has 21 heavy (non-hydrogen) atoms. The highest BCUT2D eigenvalue weighted by Crippen LogP contribution is 2.21. The van der Waals surface area contributed by atoms with E-state index in [1.54, 1.807) is 38.3 Å². The van der Waals surface area contributed by atoms with Gasteiger partial charge in [0.1, 0.15) is 17.1 Å². The molecule has 0 spiro atoms. The zero-order valence-electron chi connectivity index (χ0n) is 12.2. The zero-order valence-corrected chi connectivity index (χ0v) is 13.0. The summed E-state index contributed by atoms with van der Waals surface area (Å²) in [6.45, 7) is 5.38. The third-order valence-electron chi connectivity index (χ3n) is 2.92. The summed E-state index contributed by atoms with van der Waals surface area (Å²) in [4.78, 5) is 16.8. The second-order valence-corrected chi connectivity index (χ2v) is 6.28. The van der Waals surface area contributed by atoms with Crippen LogP contribution in [0.15, 0.2) is 28.8 Å². The van der Waals surface area contributed by atoms with Gasteiger partial charge in [0.2, 0.25) is 5.91 Å². The number of aryl methyl sites for hydroxylation is 2. The first kappa shape index (κ1) is 15.5. The van der Waals surface area contributed by atoms with E-state index in [4.69, 9.17) is 4.42 Å². The zero-order chi connectivity index (χ0) is 15.5. The Labute approximate surface area is 127 Å². The number of thiazole rings is 1. The Kier molecular flexibility index (Phi) is 4.59. The lowest BCUT2D eigenvalue weighted by atomic mass is 10.0. The van der Waals surface area contributed by atoms with Crippen LogP contribution in [0.5, 0.6) is 0 Å². The molecule has 2 aromatic rings. The first-order chi connectivity index (χ1) is 9.87. The third-order valence-corrected chi connectivity index (χ3v) is 3.79. The SMILES string of the molecule is Cc1ccc(C(C)(O)CNC(=O)C=Cc2cnc(C)s2)o1. The normalized spacial score (nSPS) is 14.3. The molecule has 2 aromatic heterocycles. The van der Waals surface area contributed by atoms with Crippen LogP contribution in [0.25, 0.3) is 6.08 Å². The van der Waals surface area contributed by atoms with Crippen molar-refractivity contribution in [1.82, 2.24) is 10.3 Å². The average molecular weight is 306 g/mol. The van der Waals surface area contributed by atoms with Gasteiger partial charge in [-0.05, 0) is 39.0 Å². The molecule has 1 atom stereocenters. The maximum absolute atomic E-state index is 11.8. The van der Waals surface area contributed by atoms with Crippen LogP contribution in [-0.4, -0.2) is 22.5 Å². The number of carbonyl (C=O) groups excluding carboxylic acids is 1. The molecule has 0 fully saturated rings. The molecule has 5 nitrogen and oxygen atoms in total. The Morgan fingerprint density at radius 1 is 1.52 bits per heavy atom. The van der Waals surface area contributed by atoms with Gasteiger partial charge >= 0.3 is 0 Å². The van der Waals surface area contributed by atoms with Gasteiger partial charge in [-0.3, -0.25) is 4.79 Å². The largest absolute Gasteiger partial charge is 0.463 e. The standard InChI is InChI=1S/C15H18N2O3S/c1-10-4-6-13(20-10)15(3,19)9-17-14(18)7-5-12-8-16-11(2)21-12/h4-8,19H,9H2,1-3H3,(H,17,18). The fourth-order valence-electron chi connectivity index (χ4n) is 1.74. The summed E-state index contributed by atoms with van der Waals surface area (Å²) in [5, 5.41) is 13.9. The summed E-state index contributed by atoms with van der Waals surface area (Å²) in [7, 11) is 0. The molecule has 2 N–H and O–H groups in total. The Balaban J connectivity index is 1.90. The second-order valence-electron chi connectivity index (χ2n) is 5.02. The highest BCUT2D eigenvalue weighted by Gasteiger charge is 2.27. The molecule has 6 heteroatoms. The van der Waals surface area contributed by atoms with Gasteiger partial charge in [-0.2, -0.15) is 0 Å². The number of nitrogens with one attached hydrogen (secondary N) is 1. The van der Waals surface area contributed by atoms with Gasteiger partial charge in [-0.1, -0.05) is 0 Å². The quantitative estimate of drug-likeness (QED) is 0.832. The fourth-order valence-corrected chi connectivity index (χ4v) is 2.43. The van der Waals surface area contributed by atoms with Crippen LogP contribution in [0.1, 0.15) is 28.3 Å². The van der Waals surface area contributed by atoms with Crippen LogP contribution in [0.3, 0.4) is 0 Å². The molecule has 2 heterocycles. The van der Waals surface area contributed by atoms with Gasteiger partial charge in [-0.15, -0.1) is 11.3 Å². The number of hydrogen-bond acceptors (Lipinski definition) is 5. The molecule has 0 aliphatic carbocycles. The van der Waals surface area contributed by atoms with Crippen molar-refractivity contribution in [2.75, 3.05) is 6.54 Å². The predicted octanol–water partition coefficient (Wildman–Crippen LogP) is 2.39. The number of aliphatic hydroxyl groups is 1. The van der Waals surface area contributed by atoms with Crippen LogP contribution in [0.2, 0.25) is 0 Å². The van der Waals surface area contributed by atoms with Crippen molar-refractivity contribution in [3.8, 4) is 0 Å². The average Bonchev–Trinajstić information content (AvgIpc) is 3.03. The lowest BCUT2D eigenvalue weighted by Crippen LogP contribution is -2.37. The van der Waals surface area contributed by atoms with Gasteiger partial charge in [0.25, 0.3) is 0 Å². The molecule has 0 aliphatic rings. The minimum Gasteiger partial charge on any atom is -0.463 e. The second kappa shape index (κ2) is 6.24. The van der Waals surface area contributed by atoms with Crippen LogP contribution in [-0.2, 0) is 10.4 Å². The number of aromatic nitrogens is 1. The van der Waals surface area contributed by atoms with Gasteiger partial charge in [-0.25, -0.2) is 4.98 Å². The summed E-state index contributed by atoms with van der Waals surface area (Å²) >= 11 is 1.51. The summed E-state index contributed by atoms with van der Waals surface area (Å²) in [5.74, 6) is 0.879. The topological polar surface area (TPSA) is 75.4 Å². The fraction of sp³-hybridized carbons (Fsp3) is 0.333. The number of nitrogens with zero attached hydrogens (tertiary/aromatic N) is 1. The van der Waals surface area contributed by atoms with E-state index in [0.29, 0.717) is 5.76 Å². The van der Waals surface area contributed by atoms with Crippen molar-refractivity contribution >= 4 is 23.3 Å². The van der Waals surface area contributed by atoms with E-state index in [2.05, 4.69) is 10.3 Å². The smallest absolute Gasteiger partial charge is 0.244 e. The van der Waals surface area contributed by atoms with E-state index in [0.717, 1.165) is 15.6 Å². The Hall–Kier alpha value is -1.92. The van der Waals surface area contributed by atoms with E-state index in [1.165, 1.54) is 17.4 Å². The molecule has 0 bridgehead atoms. The van der Waals surface area contributed by atoms with Crippen LogP contribution in [0.4, 0.5) is 0 Å². The highest BCUT2D eigenvalue weighted by molar-refractivity contribution is 7.12. The lowest BCUT2D eigenvalue weighted by molar-refractivity contribution is -0.117. The number of amides is 1. The molecule has 112 valence electrons. The number of rotatable bonds is 5. The van der Waals surface area contributed by atoms with Gasteiger partial charge in [0, 0.05) is 17.2 Å². The van der Waals surface area contributed by atoms with Crippen molar-refractivity contribution in [2.24, 2.45) is 0 Å². The number of hydrogen-bond donors (Lipinski definition) is 2. The summed E-state index contributed by atoms with van der Waals surface area (Å²) in [6, 6.07) is 3.48. The summed E-state index contributed by atoms with van der Waals surface area (Å²) in [6.07, 6.45) is 4.84. The molecule has 0 radical (unpaired) electrons. The Morgan fingerprint density at radius 2 is 2.29 bits per heavy atom. The maximum Gasteiger partial charge on any atom is 0.244 e. The van der Waals surface area contributed by atoms with Crippen molar-refractivity contribution in [1.29, 1.82) is 0 Å². The molecule has 0 saturated carbocycles. The van der Waals surface area contributed by atoms with Gasteiger partial charge in [0.05, 0.1) is 11.6 Å². The highest BCUT2D eigenvalue weighted by atomic mass is 32.1. The first-order valence-electron chi connectivity index (χ1n) is 6.54. The summed E-state index contributed by atoms with van der Waals surface area (Å²) in [5.41, 5.74) is -1.24. The molecule has 1 amide bonds. The molecular weight excluding hydrogens is 288 g/mol. The lowest BCUT2D eigenvalue weighted by Gasteiger charge is -2.20. The minimum atomic E-state index is -1.24. The van der Waals surface area contributed by atoms with E-state index < -0.39 is 5.60 Å². The Bertz CT molecular complexity index is 655. The van der Waals surface area contributed by atoms with E-state index >= 15 is 0 Å². The molecular formula is C15H18N2O3S. The first-order valence-corrected chi connectivity index (χ1v) is 7.36. The van der Waals surface area contributed by atoms with Crippen molar-refractivity contribution < 1.29 is 14.3 Å².